The van der Waals surface area contributed by atoms with Gasteiger partial charge in [0.15, 0.2) is 0 Å². The minimum absolute atomic E-state index is 0.661. The smallest absolute Gasteiger partial charge is 0.0455 e. The Hall–Kier alpha value is 0.391. The van der Waals surface area contributed by atoms with Crippen LogP contribution in [-0.2, 0) is 0 Å². The van der Waals surface area contributed by atoms with Gasteiger partial charge in [0, 0.05) is 24.2 Å². The minimum Gasteiger partial charge on any atom is -0.103 e. The van der Waals surface area contributed by atoms with Gasteiger partial charge in [0.1, 0.15) is 0 Å². The molecule has 0 aliphatic rings. The normalized spacial score (nSPS) is 15.1. The molecule has 0 aromatic heterocycles. The predicted octanol–water partition coefficient (Wildman–Crippen LogP) is 5.40. The second-order valence-corrected chi connectivity index (χ2v) is 25.7. The number of allylic oxidation sites excluding steroid dienone is 1. The van der Waals surface area contributed by atoms with Gasteiger partial charge in [-0.25, -0.2) is 0 Å². The molecule has 0 unspecified atom stereocenters. The second kappa shape index (κ2) is 4.58. The van der Waals surface area contributed by atoms with E-state index in [-0.39, 0.29) is 0 Å². The van der Waals surface area contributed by atoms with E-state index in [4.69, 9.17) is 0 Å². The standard InChI is InChI=1S/C13H32Si3/c1-11-12-13(14(2,3)4,15(5,6)7)16(8,9)10/h11H,1,12H2,2-10H3. The van der Waals surface area contributed by atoms with Crippen molar-refractivity contribution in [3.63, 3.8) is 0 Å². The Morgan fingerprint density at radius 1 is 0.750 bits per heavy atom. The molecule has 0 aliphatic carbocycles. The van der Waals surface area contributed by atoms with E-state index in [1.165, 1.54) is 6.42 Å². The van der Waals surface area contributed by atoms with E-state index in [2.05, 4.69) is 71.6 Å². The molecular weight excluding hydrogens is 240 g/mol. The molecular formula is C13H32Si3. The van der Waals surface area contributed by atoms with Crippen molar-refractivity contribution in [3.05, 3.63) is 12.7 Å². The first-order chi connectivity index (χ1) is 6.81. The number of rotatable bonds is 5. The first-order valence-electron chi connectivity index (χ1n) is 6.42. The summed E-state index contributed by atoms with van der Waals surface area (Å²) in [5.74, 6) is 0. The van der Waals surface area contributed by atoms with Crippen molar-refractivity contribution < 1.29 is 0 Å². The van der Waals surface area contributed by atoms with Gasteiger partial charge in [-0.15, -0.1) is 6.58 Å². The molecule has 0 radical (unpaired) electrons. The van der Waals surface area contributed by atoms with Gasteiger partial charge in [0.25, 0.3) is 0 Å². The van der Waals surface area contributed by atoms with Gasteiger partial charge >= 0.3 is 0 Å². The zero-order chi connectivity index (χ0) is 13.4. The lowest BCUT2D eigenvalue weighted by atomic mass is 10.5. The van der Waals surface area contributed by atoms with Crippen LogP contribution in [-0.4, -0.2) is 24.2 Å². The molecule has 96 valence electrons. The first-order valence-corrected chi connectivity index (χ1v) is 16.9. The van der Waals surface area contributed by atoms with Gasteiger partial charge in [0.05, 0.1) is 0 Å². The quantitative estimate of drug-likeness (QED) is 0.464. The largest absolute Gasteiger partial charge is 0.103 e. The third-order valence-corrected chi connectivity index (χ3v) is 26.1. The highest BCUT2D eigenvalue weighted by Crippen LogP contribution is 2.56. The maximum absolute atomic E-state index is 4.05. The summed E-state index contributed by atoms with van der Waals surface area (Å²) in [5.41, 5.74) is 0. The van der Waals surface area contributed by atoms with E-state index in [0.717, 1.165) is 0 Å². The summed E-state index contributed by atoms with van der Waals surface area (Å²) in [5, 5.41) is 0. The summed E-state index contributed by atoms with van der Waals surface area (Å²) in [6.45, 7) is 27.2. The molecule has 0 saturated carbocycles. The van der Waals surface area contributed by atoms with Crippen molar-refractivity contribution in [3.8, 4) is 0 Å². The van der Waals surface area contributed by atoms with Crippen molar-refractivity contribution in [1.82, 2.24) is 0 Å². The molecule has 0 spiro atoms. The van der Waals surface area contributed by atoms with Crippen molar-refractivity contribution in [2.45, 2.75) is 69.6 Å². The summed E-state index contributed by atoms with van der Waals surface area (Å²) in [6, 6.07) is 0. The number of hydrogen-bond donors (Lipinski definition) is 0. The average molecular weight is 273 g/mol. The fourth-order valence-corrected chi connectivity index (χ4v) is 33.8. The predicted molar refractivity (Wildman–Crippen MR) is 87.5 cm³/mol. The molecule has 0 atom stereocenters. The van der Waals surface area contributed by atoms with Crippen LogP contribution in [0.2, 0.25) is 63.2 Å². The summed E-state index contributed by atoms with van der Waals surface area (Å²) in [4.78, 5) is 0. The summed E-state index contributed by atoms with van der Waals surface area (Å²) < 4.78 is 0.661. The lowest BCUT2D eigenvalue weighted by Crippen LogP contribution is -2.65. The Balaban J connectivity index is 5.92. The topological polar surface area (TPSA) is 0 Å². The van der Waals surface area contributed by atoms with Crippen LogP contribution in [0.4, 0.5) is 0 Å². The van der Waals surface area contributed by atoms with Crippen LogP contribution < -0.4 is 0 Å². The van der Waals surface area contributed by atoms with Crippen LogP contribution in [0.15, 0.2) is 12.7 Å². The molecule has 0 saturated heterocycles. The molecule has 3 heteroatoms. The summed E-state index contributed by atoms with van der Waals surface area (Å²) in [6.07, 6.45) is 3.46. The van der Waals surface area contributed by atoms with Crippen LogP contribution in [0, 0.1) is 0 Å². The first kappa shape index (κ1) is 16.4. The SMILES string of the molecule is C=CCC([Si](C)(C)C)([Si](C)(C)C)[Si](C)(C)C. The van der Waals surface area contributed by atoms with Gasteiger partial charge in [-0.1, -0.05) is 65.0 Å². The monoisotopic (exact) mass is 272 g/mol. The molecule has 0 fully saturated rings. The molecule has 16 heavy (non-hydrogen) atoms. The van der Waals surface area contributed by atoms with Crippen molar-refractivity contribution in [1.29, 1.82) is 0 Å². The van der Waals surface area contributed by atoms with E-state index in [1.54, 1.807) is 0 Å². The van der Waals surface area contributed by atoms with Crippen LogP contribution in [0.1, 0.15) is 6.42 Å². The second-order valence-electron chi connectivity index (χ2n) is 8.15. The third-order valence-electron chi connectivity index (χ3n) is 4.29. The Labute approximate surface area is 107 Å². The molecule has 0 nitrogen and oxygen atoms in total. The maximum atomic E-state index is 4.05. The molecule has 0 aromatic carbocycles. The lowest BCUT2D eigenvalue weighted by molar-refractivity contribution is 0.906. The fraction of sp³-hybridized carbons (Fsp3) is 0.846. The van der Waals surface area contributed by atoms with Crippen molar-refractivity contribution in [2.75, 3.05) is 0 Å². The van der Waals surface area contributed by atoms with Gasteiger partial charge in [-0.3, -0.25) is 0 Å². The zero-order valence-corrected chi connectivity index (χ0v) is 16.0. The van der Waals surface area contributed by atoms with Gasteiger partial charge in [0.2, 0.25) is 0 Å². The van der Waals surface area contributed by atoms with Gasteiger partial charge < -0.3 is 0 Å². The third kappa shape index (κ3) is 2.62. The van der Waals surface area contributed by atoms with E-state index in [0.29, 0.717) is 4.28 Å². The molecule has 0 aliphatic heterocycles. The molecule has 0 N–H and O–H groups in total. The molecule has 0 rings (SSSR count). The zero-order valence-electron chi connectivity index (χ0n) is 13.0. The van der Waals surface area contributed by atoms with Crippen LogP contribution in [0.25, 0.3) is 0 Å². The van der Waals surface area contributed by atoms with E-state index < -0.39 is 24.2 Å². The molecule has 0 amide bonds. The van der Waals surface area contributed by atoms with Gasteiger partial charge in [-0.05, 0) is 10.7 Å². The summed E-state index contributed by atoms with van der Waals surface area (Å²) in [7, 11) is -3.53. The minimum atomic E-state index is -1.18. The van der Waals surface area contributed by atoms with E-state index in [9.17, 15) is 0 Å². The van der Waals surface area contributed by atoms with Crippen LogP contribution >= 0.6 is 0 Å². The van der Waals surface area contributed by atoms with Crippen molar-refractivity contribution >= 4 is 24.2 Å². The van der Waals surface area contributed by atoms with Crippen LogP contribution in [0.5, 0.6) is 0 Å². The van der Waals surface area contributed by atoms with E-state index >= 15 is 0 Å². The highest BCUT2D eigenvalue weighted by atomic mass is 28.5. The Morgan fingerprint density at radius 2 is 1.00 bits per heavy atom. The Bertz CT molecular complexity index is 212. The van der Waals surface area contributed by atoms with Crippen molar-refractivity contribution in [2.24, 2.45) is 0 Å². The maximum Gasteiger partial charge on any atom is 0.0455 e. The molecule has 0 heterocycles. The molecule has 0 bridgehead atoms. The highest BCUT2D eigenvalue weighted by Gasteiger charge is 2.58. The van der Waals surface area contributed by atoms with E-state index in [1.807, 2.05) is 0 Å². The highest BCUT2D eigenvalue weighted by molar-refractivity contribution is 7.15. The Morgan fingerprint density at radius 3 is 1.06 bits per heavy atom. The Kier molecular flexibility index (Phi) is 4.69. The average Bonchev–Trinajstić information content (AvgIpc) is 1.91. The lowest BCUT2D eigenvalue weighted by Gasteiger charge is -2.59. The van der Waals surface area contributed by atoms with Crippen LogP contribution in [0.3, 0.4) is 0 Å². The fourth-order valence-electron chi connectivity index (χ4n) is 4.51. The summed E-state index contributed by atoms with van der Waals surface area (Å²) >= 11 is 0. The molecule has 0 aromatic rings. The number of hydrogen-bond acceptors (Lipinski definition) is 0. The van der Waals surface area contributed by atoms with Gasteiger partial charge in [-0.2, -0.15) is 0 Å².